The Kier molecular flexibility index (Phi) is 5.49. The Bertz CT molecular complexity index is 744. The molecule has 1 amide bonds. The van der Waals surface area contributed by atoms with Crippen molar-refractivity contribution in [1.29, 1.82) is 0 Å². The molecule has 2 aromatic rings. The van der Waals surface area contributed by atoms with Gasteiger partial charge in [0.15, 0.2) is 0 Å². The van der Waals surface area contributed by atoms with Crippen LogP contribution in [0.1, 0.15) is 6.42 Å². The summed E-state index contributed by atoms with van der Waals surface area (Å²) in [5.74, 6) is -0.537. The fourth-order valence-corrected chi connectivity index (χ4v) is 2.23. The van der Waals surface area contributed by atoms with Crippen molar-refractivity contribution in [2.24, 2.45) is 7.05 Å². The summed E-state index contributed by atoms with van der Waals surface area (Å²) in [4.78, 5) is 24.9. The largest absolute Gasteiger partial charge is 0.345 e. The zero-order chi connectivity index (χ0) is 17.0. The standard InChI is InChI=1S/C14H15ClF2N4O2/c1-19-9-18-21(14(19)23)6-5-13(22)20(8-12(16)17)11-4-2-3-10(15)7-11/h2-4,7,9,12H,5-6,8H2,1H3. The number of aryl methyl sites for hydroxylation is 2. The van der Waals surface area contributed by atoms with Gasteiger partial charge in [-0.05, 0) is 18.2 Å². The number of aromatic nitrogens is 3. The number of carbonyl (C=O) groups is 1. The first-order chi connectivity index (χ1) is 10.9. The molecule has 0 radical (unpaired) electrons. The minimum atomic E-state index is -2.68. The number of nitrogens with zero attached hydrogens (tertiary/aromatic N) is 4. The number of benzene rings is 1. The third kappa shape index (κ3) is 4.38. The topological polar surface area (TPSA) is 60.1 Å². The number of rotatable bonds is 6. The molecule has 0 N–H and O–H groups in total. The van der Waals surface area contributed by atoms with Crippen molar-refractivity contribution in [2.45, 2.75) is 19.4 Å². The summed E-state index contributed by atoms with van der Waals surface area (Å²) in [5, 5.41) is 4.16. The van der Waals surface area contributed by atoms with Crippen molar-refractivity contribution >= 4 is 23.2 Å². The lowest BCUT2D eigenvalue weighted by molar-refractivity contribution is -0.119. The van der Waals surface area contributed by atoms with Crippen molar-refractivity contribution in [3.63, 3.8) is 0 Å². The lowest BCUT2D eigenvalue weighted by Gasteiger charge is -2.22. The van der Waals surface area contributed by atoms with Crippen molar-refractivity contribution in [3.8, 4) is 0 Å². The smallest absolute Gasteiger partial charge is 0.307 e. The molecule has 9 heteroatoms. The van der Waals surface area contributed by atoms with Crippen LogP contribution in [-0.2, 0) is 18.4 Å². The third-order valence-corrected chi connectivity index (χ3v) is 3.40. The van der Waals surface area contributed by atoms with Crippen molar-refractivity contribution in [3.05, 3.63) is 46.1 Å². The molecule has 2 rings (SSSR count). The Balaban J connectivity index is 2.13. The average Bonchev–Trinajstić information content (AvgIpc) is 2.82. The van der Waals surface area contributed by atoms with E-state index in [9.17, 15) is 18.4 Å². The minimum absolute atomic E-state index is 0.0127. The molecule has 124 valence electrons. The Labute approximate surface area is 135 Å². The number of alkyl halides is 2. The third-order valence-electron chi connectivity index (χ3n) is 3.17. The van der Waals surface area contributed by atoms with E-state index in [0.29, 0.717) is 5.02 Å². The number of amides is 1. The maximum atomic E-state index is 12.8. The fraction of sp³-hybridized carbons (Fsp3) is 0.357. The molecule has 0 fully saturated rings. The zero-order valence-corrected chi connectivity index (χ0v) is 13.1. The second-order valence-corrected chi connectivity index (χ2v) is 5.31. The van der Waals surface area contributed by atoms with Crippen LogP contribution >= 0.6 is 11.6 Å². The van der Waals surface area contributed by atoms with E-state index in [1.807, 2.05) is 0 Å². The van der Waals surface area contributed by atoms with Crippen molar-refractivity contribution in [2.75, 3.05) is 11.4 Å². The summed E-state index contributed by atoms with van der Waals surface area (Å²) >= 11 is 5.84. The van der Waals surface area contributed by atoms with Gasteiger partial charge >= 0.3 is 5.69 Å². The van der Waals surface area contributed by atoms with Crippen LogP contribution in [0.5, 0.6) is 0 Å². The Hall–Kier alpha value is -2.22. The molecular weight excluding hydrogens is 330 g/mol. The van der Waals surface area contributed by atoms with Crippen LogP contribution in [0, 0.1) is 0 Å². The van der Waals surface area contributed by atoms with Gasteiger partial charge in [-0.2, -0.15) is 5.10 Å². The molecular formula is C14H15ClF2N4O2. The molecule has 0 aliphatic carbocycles. The van der Waals surface area contributed by atoms with Gasteiger partial charge in [-0.15, -0.1) is 0 Å². The Morgan fingerprint density at radius 1 is 1.43 bits per heavy atom. The molecule has 0 atom stereocenters. The molecule has 1 aromatic heterocycles. The van der Waals surface area contributed by atoms with Crippen LogP contribution in [0.25, 0.3) is 0 Å². The van der Waals surface area contributed by atoms with Gasteiger partial charge in [0.1, 0.15) is 6.33 Å². The summed E-state index contributed by atoms with van der Waals surface area (Å²) in [7, 11) is 1.53. The second kappa shape index (κ2) is 7.36. The van der Waals surface area contributed by atoms with E-state index in [1.54, 1.807) is 12.1 Å². The van der Waals surface area contributed by atoms with Crippen LogP contribution in [0.4, 0.5) is 14.5 Å². The summed E-state index contributed by atoms with van der Waals surface area (Å²) in [5.41, 5.74) is -0.0860. The van der Waals surface area contributed by atoms with E-state index in [-0.39, 0.29) is 24.3 Å². The van der Waals surface area contributed by atoms with Crippen molar-refractivity contribution in [1.82, 2.24) is 14.3 Å². The maximum Gasteiger partial charge on any atom is 0.345 e. The SMILES string of the molecule is Cn1cnn(CCC(=O)N(CC(F)F)c2cccc(Cl)c2)c1=O. The van der Waals surface area contributed by atoms with Gasteiger partial charge in [-0.3, -0.25) is 9.36 Å². The first-order valence-corrected chi connectivity index (χ1v) is 7.19. The molecule has 23 heavy (non-hydrogen) atoms. The van der Waals surface area contributed by atoms with Gasteiger partial charge in [0.05, 0.1) is 13.1 Å². The van der Waals surface area contributed by atoms with Crippen LogP contribution in [-0.4, -0.2) is 33.2 Å². The van der Waals surface area contributed by atoms with Crippen LogP contribution in [0.15, 0.2) is 35.4 Å². The summed E-state index contributed by atoms with van der Waals surface area (Å²) in [6, 6.07) is 6.13. The predicted molar refractivity (Wildman–Crippen MR) is 81.9 cm³/mol. The molecule has 0 saturated heterocycles. The fourth-order valence-electron chi connectivity index (χ4n) is 2.04. The van der Waals surface area contributed by atoms with Crippen molar-refractivity contribution < 1.29 is 13.6 Å². The molecule has 1 aromatic carbocycles. The number of halogens is 3. The van der Waals surface area contributed by atoms with Gasteiger partial charge in [-0.1, -0.05) is 17.7 Å². The predicted octanol–water partition coefficient (Wildman–Crippen LogP) is 1.92. The zero-order valence-electron chi connectivity index (χ0n) is 12.3. The highest BCUT2D eigenvalue weighted by Crippen LogP contribution is 2.21. The van der Waals surface area contributed by atoms with Crippen LogP contribution < -0.4 is 10.6 Å². The molecule has 0 aliphatic heterocycles. The van der Waals surface area contributed by atoms with E-state index in [2.05, 4.69) is 5.10 Å². The van der Waals surface area contributed by atoms with E-state index in [4.69, 9.17) is 11.6 Å². The van der Waals surface area contributed by atoms with Crippen LogP contribution in [0.2, 0.25) is 5.02 Å². The molecule has 0 bridgehead atoms. The number of anilines is 1. The maximum absolute atomic E-state index is 12.8. The Morgan fingerprint density at radius 2 is 2.17 bits per heavy atom. The lowest BCUT2D eigenvalue weighted by atomic mass is 10.2. The highest BCUT2D eigenvalue weighted by Gasteiger charge is 2.20. The highest BCUT2D eigenvalue weighted by molar-refractivity contribution is 6.30. The Morgan fingerprint density at radius 3 is 2.74 bits per heavy atom. The summed E-state index contributed by atoms with van der Waals surface area (Å²) in [6.45, 7) is -0.727. The van der Waals surface area contributed by atoms with Gasteiger partial charge in [-0.25, -0.2) is 18.3 Å². The normalized spacial score (nSPS) is 11.0. The molecule has 0 aliphatic rings. The van der Waals surface area contributed by atoms with E-state index < -0.39 is 18.9 Å². The van der Waals surface area contributed by atoms with Gasteiger partial charge in [0.2, 0.25) is 5.91 Å². The van der Waals surface area contributed by atoms with Gasteiger partial charge < -0.3 is 4.90 Å². The monoisotopic (exact) mass is 344 g/mol. The van der Waals surface area contributed by atoms with E-state index >= 15 is 0 Å². The number of carbonyl (C=O) groups excluding carboxylic acids is 1. The number of hydrogen-bond donors (Lipinski definition) is 0. The van der Waals surface area contributed by atoms with Gasteiger partial charge in [0.25, 0.3) is 6.43 Å². The molecule has 0 saturated carbocycles. The lowest BCUT2D eigenvalue weighted by Crippen LogP contribution is -2.36. The van der Waals surface area contributed by atoms with Crippen LogP contribution in [0.3, 0.4) is 0 Å². The van der Waals surface area contributed by atoms with Gasteiger partial charge in [0, 0.05) is 24.2 Å². The van der Waals surface area contributed by atoms with E-state index in [0.717, 1.165) is 9.58 Å². The summed E-state index contributed by atoms with van der Waals surface area (Å²) in [6.07, 6.45) is -1.49. The number of hydrogen-bond acceptors (Lipinski definition) is 3. The average molecular weight is 345 g/mol. The quantitative estimate of drug-likeness (QED) is 0.804. The molecule has 1 heterocycles. The first kappa shape index (κ1) is 17.1. The first-order valence-electron chi connectivity index (χ1n) is 6.81. The molecule has 0 spiro atoms. The molecule has 0 unspecified atom stereocenters. The molecule has 6 nitrogen and oxygen atoms in total. The van der Waals surface area contributed by atoms with E-state index in [1.165, 1.54) is 30.1 Å². The second-order valence-electron chi connectivity index (χ2n) is 4.87. The minimum Gasteiger partial charge on any atom is -0.307 e. The summed E-state index contributed by atoms with van der Waals surface area (Å²) < 4.78 is 27.9. The highest BCUT2D eigenvalue weighted by atomic mass is 35.5.